The van der Waals surface area contributed by atoms with Gasteiger partial charge in [-0.15, -0.1) is 0 Å². The fourth-order valence-corrected chi connectivity index (χ4v) is 1.33. The molecular formula is C13H18FNO2. The topological polar surface area (TPSA) is 38.3 Å². The summed E-state index contributed by atoms with van der Waals surface area (Å²) in [6, 6.07) is 4.24. The molecule has 1 rings (SSSR count). The van der Waals surface area contributed by atoms with Crippen LogP contribution in [0.25, 0.3) is 0 Å². The smallest absolute Gasteiger partial charge is 0.251 e. The summed E-state index contributed by atoms with van der Waals surface area (Å²) >= 11 is 0. The highest BCUT2D eigenvalue weighted by Gasteiger charge is 2.10. The first-order valence-electron chi connectivity index (χ1n) is 5.79. The summed E-state index contributed by atoms with van der Waals surface area (Å²) in [7, 11) is 0. The van der Waals surface area contributed by atoms with Crippen molar-refractivity contribution in [2.24, 2.45) is 0 Å². The van der Waals surface area contributed by atoms with Crippen LogP contribution in [0, 0.1) is 5.82 Å². The minimum Gasteiger partial charge on any atom is -0.488 e. The molecule has 0 aliphatic rings. The molecule has 0 bridgehead atoms. The van der Waals surface area contributed by atoms with Crippen molar-refractivity contribution in [1.82, 2.24) is 5.32 Å². The maximum absolute atomic E-state index is 13.6. The lowest BCUT2D eigenvalue weighted by molar-refractivity contribution is 0.0953. The molecule has 0 spiro atoms. The zero-order chi connectivity index (χ0) is 12.8. The Morgan fingerprint density at radius 1 is 1.47 bits per heavy atom. The highest BCUT2D eigenvalue weighted by molar-refractivity contribution is 5.94. The van der Waals surface area contributed by atoms with E-state index < -0.39 is 5.82 Å². The van der Waals surface area contributed by atoms with E-state index in [1.165, 1.54) is 12.1 Å². The van der Waals surface area contributed by atoms with Gasteiger partial charge in [0.15, 0.2) is 11.6 Å². The van der Waals surface area contributed by atoms with Crippen LogP contribution in [0.2, 0.25) is 0 Å². The SMILES string of the molecule is CCCNC(=O)c1ccc(OC(C)C)c(F)c1. The molecule has 1 N–H and O–H groups in total. The first-order chi connectivity index (χ1) is 8.04. The molecule has 0 unspecified atom stereocenters. The standard InChI is InChI=1S/C13H18FNO2/c1-4-7-15-13(16)10-5-6-12(11(14)8-10)17-9(2)3/h5-6,8-9H,4,7H2,1-3H3,(H,15,16). The van der Waals surface area contributed by atoms with Crippen LogP contribution in [-0.2, 0) is 0 Å². The Morgan fingerprint density at radius 2 is 2.18 bits per heavy atom. The molecule has 0 fully saturated rings. The minimum absolute atomic E-state index is 0.0933. The average Bonchev–Trinajstić information content (AvgIpc) is 2.28. The highest BCUT2D eigenvalue weighted by atomic mass is 19.1. The van der Waals surface area contributed by atoms with E-state index in [-0.39, 0.29) is 17.8 Å². The van der Waals surface area contributed by atoms with Gasteiger partial charge in [-0.05, 0) is 38.5 Å². The van der Waals surface area contributed by atoms with Gasteiger partial charge < -0.3 is 10.1 Å². The molecule has 0 atom stereocenters. The second kappa shape index (κ2) is 6.23. The first-order valence-corrected chi connectivity index (χ1v) is 5.79. The predicted molar refractivity (Wildman–Crippen MR) is 64.8 cm³/mol. The third kappa shape index (κ3) is 4.06. The molecule has 0 aliphatic heterocycles. The minimum atomic E-state index is -0.511. The lowest BCUT2D eigenvalue weighted by Gasteiger charge is -2.11. The van der Waals surface area contributed by atoms with Gasteiger partial charge in [0.25, 0.3) is 5.91 Å². The molecule has 0 heterocycles. The number of carbonyl (C=O) groups excluding carboxylic acids is 1. The van der Waals surface area contributed by atoms with Crippen molar-refractivity contribution in [2.45, 2.75) is 33.3 Å². The number of amides is 1. The van der Waals surface area contributed by atoms with Crippen LogP contribution < -0.4 is 10.1 Å². The maximum atomic E-state index is 13.6. The van der Waals surface area contributed by atoms with Crippen molar-refractivity contribution in [3.8, 4) is 5.75 Å². The number of nitrogens with one attached hydrogen (secondary N) is 1. The number of benzene rings is 1. The molecular weight excluding hydrogens is 221 g/mol. The van der Waals surface area contributed by atoms with Gasteiger partial charge in [0.05, 0.1) is 6.10 Å². The van der Waals surface area contributed by atoms with E-state index in [9.17, 15) is 9.18 Å². The van der Waals surface area contributed by atoms with Gasteiger partial charge >= 0.3 is 0 Å². The number of ether oxygens (including phenoxy) is 1. The Morgan fingerprint density at radius 3 is 2.71 bits per heavy atom. The fourth-order valence-electron chi connectivity index (χ4n) is 1.33. The largest absolute Gasteiger partial charge is 0.488 e. The lowest BCUT2D eigenvalue weighted by atomic mass is 10.2. The van der Waals surface area contributed by atoms with E-state index in [4.69, 9.17) is 4.74 Å². The van der Waals surface area contributed by atoms with E-state index in [0.717, 1.165) is 6.42 Å². The summed E-state index contributed by atoms with van der Waals surface area (Å²) in [6.07, 6.45) is 0.757. The summed E-state index contributed by atoms with van der Waals surface area (Å²) in [4.78, 5) is 11.6. The zero-order valence-electron chi connectivity index (χ0n) is 10.4. The first kappa shape index (κ1) is 13.5. The van der Waals surface area contributed by atoms with E-state index in [2.05, 4.69) is 5.32 Å². The van der Waals surface area contributed by atoms with E-state index in [1.807, 2.05) is 20.8 Å². The van der Waals surface area contributed by atoms with Crippen molar-refractivity contribution in [1.29, 1.82) is 0 Å². The molecule has 0 radical (unpaired) electrons. The monoisotopic (exact) mass is 239 g/mol. The van der Waals surface area contributed by atoms with Crippen molar-refractivity contribution in [3.63, 3.8) is 0 Å². The number of hydrogen-bond acceptors (Lipinski definition) is 2. The van der Waals surface area contributed by atoms with Gasteiger partial charge in [-0.1, -0.05) is 6.92 Å². The number of rotatable bonds is 5. The normalized spacial score (nSPS) is 10.4. The van der Waals surface area contributed by atoms with Crippen LogP contribution in [0.3, 0.4) is 0 Å². The number of carbonyl (C=O) groups is 1. The zero-order valence-corrected chi connectivity index (χ0v) is 10.4. The Labute approximate surface area is 101 Å². The predicted octanol–water partition coefficient (Wildman–Crippen LogP) is 2.75. The Balaban J connectivity index is 2.77. The molecule has 0 saturated carbocycles. The molecule has 94 valence electrons. The van der Waals surface area contributed by atoms with Gasteiger partial charge in [-0.3, -0.25) is 4.79 Å². The van der Waals surface area contributed by atoms with E-state index >= 15 is 0 Å². The van der Waals surface area contributed by atoms with Crippen LogP contribution in [0.1, 0.15) is 37.6 Å². The molecule has 0 aromatic heterocycles. The molecule has 0 aliphatic carbocycles. The van der Waals surface area contributed by atoms with E-state index in [1.54, 1.807) is 6.07 Å². The summed E-state index contributed by atoms with van der Waals surface area (Å²) < 4.78 is 18.8. The van der Waals surface area contributed by atoms with Gasteiger partial charge in [0.1, 0.15) is 0 Å². The van der Waals surface area contributed by atoms with Crippen LogP contribution in [0.15, 0.2) is 18.2 Å². The fraction of sp³-hybridized carbons (Fsp3) is 0.462. The van der Waals surface area contributed by atoms with Crippen LogP contribution in [-0.4, -0.2) is 18.6 Å². The second-order valence-corrected chi connectivity index (χ2v) is 4.07. The molecule has 1 amide bonds. The van der Waals surface area contributed by atoms with Gasteiger partial charge in [-0.25, -0.2) is 4.39 Å². The third-order valence-electron chi connectivity index (χ3n) is 2.09. The molecule has 17 heavy (non-hydrogen) atoms. The van der Waals surface area contributed by atoms with Crippen molar-refractivity contribution in [3.05, 3.63) is 29.6 Å². The summed E-state index contributed by atoms with van der Waals surface area (Å²) in [5.41, 5.74) is 0.312. The summed E-state index contributed by atoms with van der Waals surface area (Å²) in [6.45, 7) is 6.19. The van der Waals surface area contributed by atoms with Crippen LogP contribution in [0.4, 0.5) is 4.39 Å². The summed E-state index contributed by atoms with van der Waals surface area (Å²) in [5.74, 6) is -0.600. The number of hydrogen-bond donors (Lipinski definition) is 1. The van der Waals surface area contributed by atoms with Crippen LogP contribution in [0.5, 0.6) is 5.75 Å². The van der Waals surface area contributed by atoms with Crippen molar-refractivity contribution >= 4 is 5.91 Å². The molecule has 3 nitrogen and oxygen atoms in total. The Hall–Kier alpha value is -1.58. The van der Waals surface area contributed by atoms with Crippen molar-refractivity contribution < 1.29 is 13.9 Å². The molecule has 1 aromatic rings. The van der Waals surface area contributed by atoms with Gasteiger partial charge in [-0.2, -0.15) is 0 Å². The Bertz CT molecular complexity index is 391. The second-order valence-electron chi connectivity index (χ2n) is 4.07. The van der Waals surface area contributed by atoms with Gasteiger partial charge in [0.2, 0.25) is 0 Å². The molecule has 4 heteroatoms. The lowest BCUT2D eigenvalue weighted by Crippen LogP contribution is -2.24. The quantitative estimate of drug-likeness (QED) is 0.858. The maximum Gasteiger partial charge on any atom is 0.251 e. The number of halogens is 1. The molecule has 1 aromatic carbocycles. The van der Waals surface area contributed by atoms with Gasteiger partial charge in [0, 0.05) is 12.1 Å². The third-order valence-corrected chi connectivity index (χ3v) is 2.09. The molecule has 0 saturated heterocycles. The Kier molecular flexibility index (Phi) is 4.94. The summed E-state index contributed by atoms with van der Waals surface area (Å²) in [5, 5.41) is 2.69. The van der Waals surface area contributed by atoms with Crippen molar-refractivity contribution in [2.75, 3.05) is 6.54 Å². The van der Waals surface area contributed by atoms with Crippen LogP contribution >= 0.6 is 0 Å². The average molecular weight is 239 g/mol. The van der Waals surface area contributed by atoms with E-state index in [0.29, 0.717) is 12.1 Å². The highest BCUT2D eigenvalue weighted by Crippen LogP contribution is 2.19.